The number of hydrogen-bond donors (Lipinski definition) is 1. The monoisotopic (exact) mass is 509 g/mol. The average Bonchev–Trinajstić information content (AvgIpc) is 2.75. The maximum atomic E-state index is 13.7. The van der Waals surface area contributed by atoms with Gasteiger partial charge in [0.15, 0.2) is 0 Å². The molecule has 0 aromatic heterocycles. The normalized spacial score (nSPS) is 16.7. The highest BCUT2D eigenvalue weighted by atomic mass is 19.4. The Kier molecular flexibility index (Phi) is 9.12. The number of likely N-dealkylation sites (N-methyl/N-ethyl adjacent to an activating group) is 1. The van der Waals surface area contributed by atoms with Crippen molar-refractivity contribution in [3.8, 4) is 0 Å². The highest BCUT2D eigenvalue weighted by Crippen LogP contribution is 2.37. The van der Waals surface area contributed by atoms with Gasteiger partial charge in [-0.1, -0.05) is 17.7 Å². The molecule has 0 saturated carbocycles. The van der Waals surface area contributed by atoms with Gasteiger partial charge in [-0.3, -0.25) is 19.3 Å². The zero-order valence-corrected chi connectivity index (χ0v) is 21.4. The van der Waals surface area contributed by atoms with Crippen LogP contribution in [-0.4, -0.2) is 60.5 Å². The summed E-state index contributed by atoms with van der Waals surface area (Å²) in [6, 6.07) is 1.34. The third-order valence-electron chi connectivity index (χ3n) is 5.56. The number of carbonyl (C=O) groups excluding carboxylic acids is 3. The summed E-state index contributed by atoms with van der Waals surface area (Å²) in [6.07, 6.45) is -2.85. The van der Waals surface area contributed by atoms with Crippen LogP contribution in [-0.2, 0) is 31.7 Å². The van der Waals surface area contributed by atoms with E-state index < -0.39 is 47.8 Å². The Labute approximate surface area is 210 Å². The van der Waals surface area contributed by atoms with Gasteiger partial charge in [0.05, 0.1) is 11.6 Å². The topological polar surface area (TPSA) is 79.0 Å². The Hall–Kier alpha value is -3.14. The van der Waals surface area contributed by atoms with Crippen molar-refractivity contribution in [1.29, 1.82) is 0 Å². The molecule has 0 spiro atoms. The lowest BCUT2D eigenvalue weighted by Gasteiger charge is -2.40. The van der Waals surface area contributed by atoms with Crippen molar-refractivity contribution in [2.24, 2.45) is 0 Å². The van der Waals surface area contributed by atoms with Crippen LogP contribution in [0.1, 0.15) is 45.2 Å². The minimum absolute atomic E-state index is 0.0137. The highest BCUT2D eigenvalue weighted by Gasteiger charge is 2.42. The van der Waals surface area contributed by atoms with Crippen LogP contribution >= 0.6 is 0 Å². The molecule has 198 valence electrons. The van der Waals surface area contributed by atoms with Gasteiger partial charge in [0.1, 0.15) is 18.2 Å². The summed E-state index contributed by atoms with van der Waals surface area (Å²) >= 11 is 0. The smallest absolute Gasteiger partial charge is 0.416 e. The molecule has 10 heteroatoms. The van der Waals surface area contributed by atoms with Gasteiger partial charge in [0, 0.05) is 18.7 Å². The van der Waals surface area contributed by atoms with Crippen LogP contribution in [0.2, 0.25) is 0 Å². The van der Waals surface area contributed by atoms with Crippen molar-refractivity contribution in [2.75, 3.05) is 25.0 Å². The van der Waals surface area contributed by atoms with Gasteiger partial charge >= 0.3 is 12.1 Å². The van der Waals surface area contributed by atoms with E-state index in [1.54, 1.807) is 34.7 Å². The summed E-state index contributed by atoms with van der Waals surface area (Å²) in [5, 5.41) is 2.93. The molecule has 1 aliphatic heterocycles. The summed E-state index contributed by atoms with van der Waals surface area (Å²) in [6.45, 7) is 13.7. The van der Waals surface area contributed by atoms with Gasteiger partial charge in [0.25, 0.3) is 5.91 Å². The Bertz CT molecular complexity index is 1030. The predicted octanol–water partition coefficient (Wildman–Crippen LogP) is 3.87. The number of ether oxygens (including phenoxy) is 1. The first-order valence-corrected chi connectivity index (χ1v) is 11.6. The fourth-order valence-corrected chi connectivity index (χ4v) is 4.04. The van der Waals surface area contributed by atoms with E-state index >= 15 is 0 Å². The molecule has 1 heterocycles. The van der Waals surface area contributed by atoms with Crippen molar-refractivity contribution >= 4 is 23.5 Å². The third-order valence-corrected chi connectivity index (χ3v) is 5.56. The van der Waals surface area contributed by atoms with Crippen molar-refractivity contribution < 1.29 is 32.3 Å². The average molecular weight is 510 g/mol. The lowest BCUT2D eigenvalue weighted by molar-refractivity contribution is -0.154. The Morgan fingerprint density at radius 3 is 2.44 bits per heavy atom. The summed E-state index contributed by atoms with van der Waals surface area (Å²) in [5.41, 5.74) is -0.682. The van der Waals surface area contributed by atoms with Crippen molar-refractivity contribution in [3.05, 3.63) is 54.1 Å². The van der Waals surface area contributed by atoms with Gasteiger partial charge in [-0.2, -0.15) is 13.2 Å². The standard InChI is InChI=1S/C26H34F3N3O4/c1-8-11-31(23(34)19(30-7)12-16(2)3)21-13-17-9-10-18(26(27,28)29)14-20(17)32(24(21)35)15-22(33)36-25(4,5)6/h8-10,14,19,21,30H,1-2,11-13,15H2,3-7H3/t19-,21-/m0/s1. The fourth-order valence-electron chi connectivity index (χ4n) is 4.04. The maximum Gasteiger partial charge on any atom is 0.416 e. The second kappa shape index (κ2) is 11.3. The van der Waals surface area contributed by atoms with Crippen LogP contribution in [0.3, 0.4) is 0 Å². The van der Waals surface area contributed by atoms with E-state index in [4.69, 9.17) is 4.74 Å². The first-order valence-electron chi connectivity index (χ1n) is 11.6. The van der Waals surface area contributed by atoms with Crippen LogP contribution in [0.15, 0.2) is 43.0 Å². The number of benzene rings is 1. The Morgan fingerprint density at radius 1 is 1.31 bits per heavy atom. The number of amides is 2. The SMILES string of the molecule is C=CCN(C(=O)[C@H](CC(=C)C)NC)[C@H]1Cc2ccc(C(F)(F)F)cc2N(CC(=O)OC(C)(C)C)C1=O. The second-order valence-electron chi connectivity index (χ2n) is 9.85. The summed E-state index contributed by atoms with van der Waals surface area (Å²) in [7, 11) is 1.61. The number of alkyl halides is 3. The third kappa shape index (κ3) is 7.19. The molecule has 2 atom stereocenters. The number of carbonyl (C=O) groups is 3. The van der Waals surface area contributed by atoms with Crippen LogP contribution in [0.25, 0.3) is 0 Å². The zero-order valence-electron chi connectivity index (χ0n) is 21.4. The highest BCUT2D eigenvalue weighted by molar-refractivity contribution is 6.05. The number of hydrogen-bond acceptors (Lipinski definition) is 5. The molecule has 0 unspecified atom stereocenters. The fraction of sp³-hybridized carbons (Fsp3) is 0.500. The summed E-state index contributed by atoms with van der Waals surface area (Å²) in [5.74, 6) is -1.84. The molecular formula is C26H34F3N3O4. The molecule has 36 heavy (non-hydrogen) atoms. The van der Waals surface area contributed by atoms with Crippen LogP contribution < -0.4 is 10.2 Å². The second-order valence-corrected chi connectivity index (χ2v) is 9.85. The van der Waals surface area contributed by atoms with Gasteiger partial charge in [0.2, 0.25) is 5.91 Å². The van der Waals surface area contributed by atoms with Gasteiger partial charge < -0.3 is 15.0 Å². The van der Waals surface area contributed by atoms with E-state index in [0.717, 1.165) is 22.6 Å². The number of nitrogens with zero attached hydrogens (tertiary/aromatic N) is 2. The molecule has 2 amide bonds. The molecule has 0 fully saturated rings. The van der Waals surface area contributed by atoms with Crippen molar-refractivity contribution in [1.82, 2.24) is 10.2 Å². The van der Waals surface area contributed by atoms with Crippen LogP contribution in [0.5, 0.6) is 0 Å². The first kappa shape index (κ1) is 29.1. The minimum Gasteiger partial charge on any atom is -0.459 e. The molecule has 0 saturated heterocycles. The summed E-state index contributed by atoms with van der Waals surface area (Å²) < 4.78 is 45.6. The Balaban J connectivity index is 2.55. The number of fused-ring (bicyclic) bond motifs is 1. The zero-order chi connectivity index (χ0) is 27.4. The number of nitrogens with one attached hydrogen (secondary N) is 1. The van der Waals surface area contributed by atoms with Crippen LogP contribution in [0.4, 0.5) is 18.9 Å². The molecular weight excluding hydrogens is 475 g/mol. The van der Waals surface area contributed by atoms with Crippen molar-refractivity contribution in [2.45, 2.75) is 64.4 Å². The maximum absolute atomic E-state index is 13.7. The molecule has 2 rings (SSSR count). The summed E-state index contributed by atoms with van der Waals surface area (Å²) in [4.78, 5) is 42.0. The molecule has 1 aromatic carbocycles. The number of rotatable bonds is 9. The molecule has 0 aliphatic carbocycles. The van der Waals surface area contributed by atoms with E-state index in [2.05, 4.69) is 18.5 Å². The number of halogens is 3. The predicted molar refractivity (Wildman–Crippen MR) is 131 cm³/mol. The quantitative estimate of drug-likeness (QED) is 0.404. The molecule has 0 bridgehead atoms. The lowest BCUT2D eigenvalue weighted by atomic mass is 9.93. The number of anilines is 1. The molecule has 7 nitrogen and oxygen atoms in total. The molecule has 1 aliphatic rings. The lowest BCUT2D eigenvalue weighted by Crippen LogP contribution is -2.59. The minimum atomic E-state index is -4.64. The largest absolute Gasteiger partial charge is 0.459 e. The molecule has 1 aromatic rings. The van der Waals surface area contributed by atoms with Gasteiger partial charge in [-0.05, 0) is 58.9 Å². The first-order chi connectivity index (χ1) is 16.6. The molecule has 0 radical (unpaired) electrons. The van der Waals surface area contributed by atoms with E-state index in [9.17, 15) is 27.6 Å². The molecule has 1 N–H and O–H groups in total. The van der Waals surface area contributed by atoms with Crippen molar-refractivity contribution in [3.63, 3.8) is 0 Å². The Morgan fingerprint density at radius 2 is 1.94 bits per heavy atom. The van der Waals surface area contributed by atoms with E-state index in [1.807, 2.05) is 0 Å². The number of esters is 1. The van der Waals surface area contributed by atoms with Crippen LogP contribution in [0, 0.1) is 0 Å². The van der Waals surface area contributed by atoms with Gasteiger partial charge in [-0.15, -0.1) is 13.2 Å². The van der Waals surface area contributed by atoms with Gasteiger partial charge in [-0.25, -0.2) is 0 Å². The van der Waals surface area contributed by atoms with E-state index in [0.29, 0.717) is 12.0 Å². The van der Waals surface area contributed by atoms with E-state index in [-0.39, 0.29) is 24.6 Å². The van der Waals surface area contributed by atoms with E-state index in [1.165, 1.54) is 17.0 Å².